The largest absolute Gasteiger partial charge is 0.468 e. The van der Waals surface area contributed by atoms with Crippen LogP contribution in [-0.4, -0.2) is 39.7 Å². The summed E-state index contributed by atoms with van der Waals surface area (Å²) in [6.45, 7) is 0.511. The molecule has 0 bridgehead atoms. The fourth-order valence-electron chi connectivity index (χ4n) is 3.30. The lowest BCUT2D eigenvalue weighted by molar-refractivity contribution is -0.164. The molecular formula is C16H19N3O3S. The Balaban J connectivity index is 1.56. The van der Waals surface area contributed by atoms with Crippen LogP contribution in [0.4, 0.5) is 0 Å². The molecule has 0 N–H and O–H groups in total. The molecule has 0 aliphatic heterocycles. The number of carbonyl (C=O) groups excluding carboxylic acids is 1. The quantitative estimate of drug-likeness (QED) is 0.757. The van der Waals surface area contributed by atoms with Gasteiger partial charge in [0.15, 0.2) is 0 Å². The molecular weight excluding hydrogens is 314 g/mol. The van der Waals surface area contributed by atoms with Crippen molar-refractivity contribution in [2.45, 2.75) is 50.2 Å². The minimum Gasteiger partial charge on any atom is -0.468 e. The predicted octanol–water partition coefficient (Wildman–Crippen LogP) is 2.86. The number of methoxy groups -OCH3 is 1. The summed E-state index contributed by atoms with van der Waals surface area (Å²) >= 11 is 1.60. The Labute approximate surface area is 138 Å². The Morgan fingerprint density at radius 3 is 2.91 bits per heavy atom. The molecule has 122 valence electrons. The molecule has 0 aromatic carbocycles. The van der Waals surface area contributed by atoms with Gasteiger partial charge < -0.3 is 9.26 Å². The number of rotatable bonds is 6. The minimum atomic E-state index is -0.493. The van der Waals surface area contributed by atoms with Crippen LogP contribution in [0.3, 0.4) is 0 Å². The minimum absolute atomic E-state index is 0.131. The summed E-state index contributed by atoms with van der Waals surface area (Å²) in [6.07, 6.45) is 4.99. The second-order valence-electron chi connectivity index (χ2n) is 6.26. The molecule has 2 aromatic heterocycles. The van der Waals surface area contributed by atoms with E-state index in [2.05, 4.69) is 15.0 Å². The number of hydrogen-bond acceptors (Lipinski definition) is 7. The normalized spacial score (nSPS) is 19.6. The third-order valence-electron chi connectivity index (χ3n) is 4.84. The van der Waals surface area contributed by atoms with Gasteiger partial charge in [0.05, 0.1) is 13.7 Å². The van der Waals surface area contributed by atoms with E-state index in [1.165, 1.54) is 7.11 Å². The number of carbonyl (C=O) groups is 1. The van der Waals surface area contributed by atoms with Gasteiger partial charge >= 0.3 is 5.97 Å². The van der Waals surface area contributed by atoms with Gasteiger partial charge in [0.1, 0.15) is 5.54 Å². The summed E-state index contributed by atoms with van der Waals surface area (Å²) < 4.78 is 10.5. The average Bonchev–Trinajstić information content (AvgIpc) is 3.01. The Morgan fingerprint density at radius 2 is 2.35 bits per heavy atom. The molecule has 7 heteroatoms. The van der Waals surface area contributed by atoms with Crippen molar-refractivity contribution in [2.24, 2.45) is 0 Å². The first-order valence-corrected chi connectivity index (χ1v) is 8.87. The van der Waals surface area contributed by atoms with Crippen LogP contribution >= 0.6 is 11.3 Å². The Bertz CT molecular complexity index is 689. The predicted molar refractivity (Wildman–Crippen MR) is 84.8 cm³/mol. The molecule has 2 heterocycles. The summed E-state index contributed by atoms with van der Waals surface area (Å²) in [6, 6.07) is 2.39. The zero-order valence-electron chi connectivity index (χ0n) is 13.0. The van der Waals surface area contributed by atoms with Crippen LogP contribution in [0.25, 0.3) is 11.4 Å². The third kappa shape index (κ3) is 2.57. The van der Waals surface area contributed by atoms with Crippen LogP contribution in [-0.2, 0) is 16.1 Å². The smallest absolute Gasteiger partial charge is 0.326 e. The molecule has 2 aromatic rings. The van der Waals surface area contributed by atoms with Crippen LogP contribution < -0.4 is 0 Å². The molecule has 0 amide bonds. The van der Waals surface area contributed by atoms with E-state index in [0.29, 0.717) is 24.3 Å². The van der Waals surface area contributed by atoms with E-state index in [9.17, 15) is 4.79 Å². The lowest BCUT2D eigenvalue weighted by Gasteiger charge is -2.47. The topological polar surface area (TPSA) is 68.5 Å². The van der Waals surface area contributed by atoms with Gasteiger partial charge in [-0.3, -0.25) is 9.69 Å². The van der Waals surface area contributed by atoms with E-state index < -0.39 is 5.54 Å². The molecule has 6 nitrogen and oxygen atoms in total. The van der Waals surface area contributed by atoms with Crippen LogP contribution in [0.2, 0.25) is 0 Å². The molecule has 2 fully saturated rings. The van der Waals surface area contributed by atoms with Crippen LogP contribution in [0.15, 0.2) is 21.3 Å². The van der Waals surface area contributed by atoms with Crippen molar-refractivity contribution in [3.63, 3.8) is 0 Å². The second kappa shape index (κ2) is 5.72. The zero-order valence-corrected chi connectivity index (χ0v) is 13.8. The first kappa shape index (κ1) is 14.8. The van der Waals surface area contributed by atoms with Crippen LogP contribution in [0.1, 0.15) is 38.0 Å². The zero-order chi connectivity index (χ0) is 15.9. The fourth-order valence-corrected chi connectivity index (χ4v) is 3.93. The molecule has 2 saturated carbocycles. The van der Waals surface area contributed by atoms with Gasteiger partial charge in [-0.1, -0.05) is 5.16 Å². The highest BCUT2D eigenvalue weighted by molar-refractivity contribution is 7.08. The molecule has 0 spiro atoms. The molecule has 0 saturated heterocycles. The van der Waals surface area contributed by atoms with Gasteiger partial charge in [-0.05, 0) is 43.6 Å². The third-order valence-corrected chi connectivity index (χ3v) is 5.52. The summed E-state index contributed by atoms with van der Waals surface area (Å²) in [5.41, 5.74) is 0.474. The molecule has 23 heavy (non-hydrogen) atoms. The number of nitrogens with zero attached hydrogens (tertiary/aromatic N) is 3. The lowest BCUT2D eigenvalue weighted by atomic mass is 9.75. The maximum atomic E-state index is 12.3. The Morgan fingerprint density at radius 1 is 1.52 bits per heavy atom. The van der Waals surface area contributed by atoms with Crippen molar-refractivity contribution in [3.05, 3.63) is 22.7 Å². The monoisotopic (exact) mass is 333 g/mol. The number of esters is 1. The van der Waals surface area contributed by atoms with E-state index in [0.717, 1.165) is 37.7 Å². The number of aromatic nitrogens is 2. The summed E-state index contributed by atoms with van der Waals surface area (Å²) in [5.74, 6) is 1.04. The first-order valence-electron chi connectivity index (χ1n) is 7.93. The lowest BCUT2D eigenvalue weighted by Crippen LogP contribution is -2.60. The van der Waals surface area contributed by atoms with E-state index in [1.54, 1.807) is 11.3 Å². The standard InChI is InChI=1S/C16H19N3O3S/c1-21-15(20)16(6-2-7-16)19(12-3-4-12)9-13-17-14(18-22-13)11-5-8-23-10-11/h5,8,10,12H,2-4,6-7,9H2,1H3. The fraction of sp³-hybridized carbons (Fsp3) is 0.562. The second-order valence-corrected chi connectivity index (χ2v) is 7.04. The highest BCUT2D eigenvalue weighted by Gasteiger charge is 2.54. The molecule has 0 unspecified atom stereocenters. The molecule has 0 atom stereocenters. The Hall–Kier alpha value is -1.73. The van der Waals surface area contributed by atoms with Crippen molar-refractivity contribution in [2.75, 3.05) is 7.11 Å². The van der Waals surface area contributed by atoms with E-state index in [4.69, 9.17) is 9.26 Å². The maximum Gasteiger partial charge on any atom is 0.326 e. The van der Waals surface area contributed by atoms with Gasteiger partial charge in [-0.2, -0.15) is 16.3 Å². The number of ether oxygens (including phenoxy) is 1. The van der Waals surface area contributed by atoms with Crippen molar-refractivity contribution in [1.82, 2.24) is 15.0 Å². The van der Waals surface area contributed by atoms with Crippen molar-refractivity contribution in [3.8, 4) is 11.4 Å². The van der Waals surface area contributed by atoms with Gasteiger partial charge in [0.2, 0.25) is 11.7 Å². The van der Waals surface area contributed by atoms with E-state index in [-0.39, 0.29) is 5.97 Å². The Kier molecular flexibility index (Phi) is 3.69. The number of thiophene rings is 1. The van der Waals surface area contributed by atoms with Crippen molar-refractivity contribution >= 4 is 17.3 Å². The maximum absolute atomic E-state index is 12.3. The summed E-state index contributed by atoms with van der Waals surface area (Å²) in [5, 5.41) is 8.04. The number of hydrogen-bond donors (Lipinski definition) is 0. The molecule has 2 aliphatic carbocycles. The van der Waals surface area contributed by atoms with Gasteiger partial charge in [0, 0.05) is 17.0 Å². The van der Waals surface area contributed by atoms with E-state index >= 15 is 0 Å². The molecule has 2 aliphatic rings. The summed E-state index contributed by atoms with van der Waals surface area (Å²) in [7, 11) is 1.47. The van der Waals surface area contributed by atoms with Crippen molar-refractivity contribution < 1.29 is 14.1 Å². The van der Waals surface area contributed by atoms with E-state index in [1.807, 2.05) is 16.8 Å². The molecule has 0 radical (unpaired) electrons. The van der Waals surface area contributed by atoms with Gasteiger partial charge in [-0.25, -0.2) is 0 Å². The van der Waals surface area contributed by atoms with Gasteiger partial charge in [-0.15, -0.1) is 0 Å². The van der Waals surface area contributed by atoms with Gasteiger partial charge in [0.25, 0.3) is 0 Å². The SMILES string of the molecule is COC(=O)C1(N(Cc2nc(-c3ccsc3)no2)C2CC2)CCC1. The van der Waals surface area contributed by atoms with Crippen LogP contribution in [0, 0.1) is 0 Å². The highest BCUT2D eigenvalue weighted by atomic mass is 32.1. The highest BCUT2D eigenvalue weighted by Crippen LogP contribution is 2.45. The molecule has 4 rings (SSSR count). The summed E-state index contributed by atoms with van der Waals surface area (Å²) in [4.78, 5) is 19.1. The first-order chi connectivity index (χ1) is 11.2. The van der Waals surface area contributed by atoms with Crippen LogP contribution in [0.5, 0.6) is 0 Å². The average molecular weight is 333 g/mol. The van der Waals surface area contributed by atoms with Crippen molar-refractivity contribution in [1.29, 1.82) is 0 Å².